The number of hydrogen-bond acceptors (Lipinski definition) is 5. The van der Waals surface area contributed by atoms with E-state index in [0.29, 0.717) is 16.1 Å². The molecule has 1 aromatic heterocycles. The monoisotopic (exact) mass is 428 g/mol. The molecule has 0 aliphatic rings. The van der Waals surface area contributed by atoms with Crippen LogP contribution in [0.2, 0.25) is 0 Å². The summed E-state index contributed by atoms with van der Waals surface area (Å²) in [6, 6.07) is 18.4. The summed E-state index contributed by atoms with van der Waals surface area (Å²) in [6.07, 6.45) is 0.284. The molecule has 0 bridgehead atoms. The molecule has 2 amide bonds. The molecule has 0 fully saturated rings. The van der Waals surface area contributed by atoms with Gasteiger partial charge in [-0.25, -0.2) is 8.42 Å². The van der Waals surface area contributed by atoms with E-state index in [4.69, 9.17) is 0 Å². The van der Waals surface area contributed by atoms with Gasteiger partial charge in [0, 0.05) is 6.54 Å². The molecule has 3 rings (SSSR count). The summed E-state index contributed by atoms with van der Waals surface area (Å²) in [5.41, 5.74) is 0.726. The quantitative estimate of drug-likeness (QED) is 0.536. The van der Waals surface area contributed by atoms with Gasteiger partial charge in [-0.05, 0) is 42.1 Å². The van der Waals surface area contributed by atoms with Gasteiger partial charge in [0.05, 0.1) is 26.8 Å². The summed E-state index contributed by atoms with van der Waals surface area (Å²) in [6.45, 7) is 0.206. The second kappa shape index (κ2) is 9.49. The van der Waals surface area contributed by atoms with E-state index in [0.717, 1.165) is 0 Å². The van der Waals surface area contributed by atoms with Gasteiger partial charge < -0.3 is 10.6 Å². The Morgan fingerprint density at radius 1 is 0.862 bits per heavy atom. The fourth-order valence-corrected chi connectivity index (χ4v) is 4.64. The smallest absolute Gasteiger partial charge is 0.265 e. The molecule has 0 aliphatic heterocycles. The predicted octanol–water partition coefficient (Wildman–Crippen LogP) is 3.59. The van der Waals surface area contributed by atoms with Crippen LogP contribution in [0.1, 0.15) is 26.5 Å². The van der Waals surface area contributed by atoms with E-state index in [9.17, 15) is 18.0 Å². The van der Waals surface area contributed by atoms with Crippen molar-refractivity contribution in [2.75, 3.05) is 17.6 Å². The number of amides is 2. The van der Waals surface area contributed by atoms with Gasteiger partial charge in [-0.1, -0.05) is 36.4 Å². The fraction of sp³-hybridized carbons (Fsp3) is 0.143. The van der Waals surface area contributed by atoms with Gasteiger partial charge in [-0.2, -0.15) is 0 Å². The Balaban J connectivity index is 1.57. The summed E-state index contributed by atoms with van der Waals surface area (Å²) in [5, 5.41) is 7.27. The Bertz CT molecular complexity index is 1080. The van der Waals surface area contributed by atoms with Crippen molar-refractivity contribution in [1.29, 1.82) is 0 Å². The van der Waals surface area contributed by atoms with E-state index >= 15 is 0 Å². The van der Waals surface area contributed by atoms with Crippen LogP contribution >= 0.6 is 11.3 Å². The van der Waals surface area contributed by atoms with Gasteiger partial charge in [0.25, 0.3) is 11.8 Å². The topological polar surface area (TPSA) is 92.3 Å². The first-order valence-corrected chi connectivity index (χ1v) is 11.5. The van der Waals surface area contributed by atoms with Crippen molar-refractivity contribution in [3.05, 3.63) is 82.6 Å². The maximum atomic E-state index is 12.5. The van der Waals surface area contributed by atoms with Gasteiger partial charge in [-0.15, -0.1) is 11.3 Å². The molecule has 2 aromatic carbocycles. The van der Waals surface area contributed by atoms with Gasteiger partial charge in [0.2, 0.25) is 0 Å². The number of carbonyl (C=O) groups excluding carboxylic acids is 2. The maximum absolute atomic E-state index is 12.5. The van der Waals surface area contributed by atoms with Gasteiger partial charge >= 0.3 is 0 Å². The van der Waals surface area contributed by atoms with Crippen LogP contribution in [-0.4, -0.2) is 32.5 Å². The number of rotatable bonds is 8. The number of benzene rings is 2. The Kier molecular flexibility index (Phi) is 6.79. The zero-order valence-corrected chi connectivity index (χ0v) is 17.1. The number of hydrogen-bond donors (Lipinski definition) is 2. The van der Waals surface area contributed by atoms with E-state index < -0.39 is 9.84 Å². The third kappa shape index (κ3) is 5.52. The minimum Gasteiger partial charge on any atom is -0.352 e. The van der Waals surface area contributed by atoms with E-state index in [2.05, 4.69) is 10.6 Å². The molecule has 0 saturated carbocycles. The molecule has 6 nitrogen and oxygen atoms in total. The van der Waals surface area contributed by atoms with Gasteiger partial charge in [-0.3, -0.25) is 9.59 Å². The molecule has 8 heteroatoms. The molecule has 0 spiro atoms. The summed E-state index contributed by atoms with van der Waals surface area (Å²) < 4.78 is 24.6. The van der Waals surface area contributed by atoms with Crippen LogP contribution in [0.25, 0.3) is 0 Å². The minimum absolute atomic E-state index is 0.0615. The van der Waals surface area contributed by atoms with Crippen molar-refractivity contribution in [3.8, 4) is 0 Å². The number of para-hydroxylation sites is 1. The Morgan fingerprint density at radius 2 is 1.59 bits per heavy atom. The molecule has 0 radical (unpaired) electrons. The van der Waals surface area contributed by atoms with Crippen LogP contribution in [0, 0.1) is 0 Å². The highest BCUT2D eigenvalue weighted by Crippen LogP contribution is 2.18. The molecule has 3 aromatic rings. The number of carbonyl (C=O) groups is 2. The highest BCUT2D eigenvalue weighted by atomic mass is 32.2. The van der Waals surface area contributed by atoms with E-state index in [1.165, 1.54) is 11.3 Å². The average molecular weight is 429 g/mol. The third-order valence-electron chi connectivity index (χ3n) is 4.14. The lowest BCUT2D eigenvalue weighted by Crippen LogP contribution is -2.27. The number of anilines is 1. The van der Waals surface area contributed by atoms with E-state index in [-0.39, 0.29) is 35.4 Å². The lowest BCUT2D eigenvalue weighted by molar-refractivity contribution is 0.0954. The van der Waals surface area contributed by atoms with Crippen LogP contribution in [0.5, 0.6) is 0 Å². The number of thiophene rings is 1. The van der Waals surface area contributed by atoms with E-state index in [1.54, 1.807) is 72.1 Å². The van der Waals surface area contributed by atoms with Gasteiger partial charge in [0.1, 0.15) is 0 Å². The van der Waals surface area contributed by atoms with Crippen LogP contribution in [0.3, 0.4) is 0 Å². The van der Waals surface area contributed by atoms with E-state index in [1.807, 2.05) is 0 Å². The highest BCUT2D eigenvalue weighted by Gasteiger charge is 2.16. The highest BCUT2D eigenvalue weighted by molar-refractivity contribution is 7.91. The molecule has 2 N–H and O–H groups in total. The van der Waals surface area contributed by atoms with Crippen molar-refractivity contribution in [1.82, 2.24) is 5.32 Å². The van der Waals surface area contributed by atoms with Crippen molar-refractivity contribution in [3.63, 3.8) is 0 Å². The zero-order valence-electron chi connectivity index (χ0n) is 15.5. The SMILES string of the molecule is O=C(Nc1ccccc1C(=O)NCCCS(=O)(=O)c1ccccc1)c1cccs1. The summed E-state index contributed by atoms with van der Waals surface area (Å²) >= 11 is 1.31. The summed E-state index contributed by atoms with van der Waals surface area (Å²) in [5.74, 6) is -0.716. The summed E-state index contributed by atoms with van der Waals surface area (Å²) in [7, 11) is -3.38. The number of sulfone groups is 1. The van der Waals surface area contributed by atoms with Crippen molar-refractivity contribution in [2.45, 2.75) is 11.3 Å². The molecule has 29 heavy (non-hydrogen) atoms. The largest absolute Gasteiger partial charge is 0.352 e. The molecule has 150 valence electrons. The molecule has 0 atom stereocenters. The second-order valence-corrected chi connectivity index (χ2v) is 9.28. The lowest BCUT2D eigenvalue weighted by Gasteiger charge is -2.11. The normalized spacial score (nSPS) is 11.0. The summed E-state index contributed by atoms with van der Waals surface area (Å²) in [4.78, 5) is 25.6. The molecular weight excluding hydrogens is 408 g/mol. The van der Waals surface area contributed by atoms with Crippen LogP contribution in [0.4, 0.5) is 5.69 Å². The minimum atomic E-state index is -3.38. The Morgan fingerprint density at radius 3 is 2.31 bits per heavy atom. The standard InChI is InChI=1S/C21H20N2O4S2/c24-20(22-13-7-15-29(26,27)16-8-2-1-3-9-16)17-10-4-5-11-18(17)23-21(25)19-12-6-14-28-19/h1-6,8-12,14H,7,13,15H2,(H,22,24)(H,23,25). The first-order valence-electron chi connectivity index (χ1n) is 8.97. The molecular formula is C21H20N2O4S2. The van der Waals surface area contributed by atoms with Crippen LogP contribution in [0.15, 0.2) is 77.0 Å². The Labute approximate surface area is 173 Å². The molecule has 1 heterocycles. The van der Waals surface area contributed by atoms with Crippen LogP contribution in [-0.2, 0) is 9.84 Å². The van der Waals surface area contributed by atoms with Crippen molar-refractivity contribution < 1.29 is 18.0 Å². The number of nitrogens with one attached hydrogen (secondary N) is 2. The molecule has 0 aliphatic carbocycles. The van der Waals surface area contributed by atoms with Crippen molar-refractivity contribution in [2.24, 2.45) is 0 Å². The zero-order chi connectivity index (χ0) is 20.7. The van der Waals surface area contributed by atoms with Crippen LogP contribution < -0.4 is 10.6 Å². The maximum Gasteiger partial charge on any atom is 0.265 e. The fourth-order valence-electron chi connectivity index (χ4n) is 2.69. The first kappa shape index (κ1) is 20.8. The molecule has 0 saturated heterocycles. The van der Waals surface area contributed by atoms with Gasteiger partial charge in [0.15, 0.2) is 9.84 Å². The first-order chi connectivity index (χ1) is 14.0. The molecule has 0 unspecified atom stereocenters. The lowest BCUT2D eigenvalue weighted by atomic mass is 10.1. The third-order valence-corrected chi connectivity index (χ3v) is 6.83. The second-order valence-electron chi connectivity index (χ2n) is 6.22. The Hall–Kier alpha value is -2.97. The predicted molar refractivity (Wildman–Crippen MR) is 114 cm³/mol. The van der Waals surface area contributed by atoms with Crippen molar-refractivity contribution >= 4 is 38.7 Å². The average Bonchev–Trinajstić information content (AvgIpc) is 3.27.